The first-order chi connectivity index (χ1) is 8.49. The van der Waals surface area contributed by atoms with Crippen LogP contribution in [-0.4, -0.2) is 11.9 Å². The Bertz CT molecular complexity index is 430. The van der Waals surface area contributed by atoms with Crippen molar-refractivity contribution >= 4 is 17.5 Å². The largest absolute Gasteiger partial charge is 0.348 e. The number of hydrogen-bond donors (Lipinski definition) is 2. The first-order valence-electron chi connectivity index (χ1n) is 6.30. The second kappa shape index (κ2) is 5.29. The zero-order valence-corrected chi connectivity index (χ0v) is 11.4. The quantitative estimate of drug-likeness (QED) is 0.880. The second-order valence-electron chi connectivity index (χ2n) is 5.20. The van der Waals surface area contributed by atoms with E-state index >= 15 is 0 Å². The summed E-state index contributed by atoms with van der Waals surface area (Å²) in [5.74, 6) is 1.06. The lowest BCUT2D eigenvalue weighted by atomic mass is 10.0. The highest BCUT2D eigenvalue weighted by Crippen LogP contribution is 2.47. The van der Waals surface area contributed by atoms with Gasteiger partial charge in [-0.2, -0.15) is 0 Å². The highest BCUT2D eigenvalue weighted by atomic mass is 35.5. The monoisotopic (exact) mass is 266 g/mol. The maximum atomic E-state index is 11.8. The second-order valence-corrected chi connectivity index (χ2v) is 5.64. The first kappa shape index (κ1) is 13.4. The van der Waals surface area contributed by atoms with E-state index in [-0.39, 0.29) is 11.9 Å². The van der Waals surface area contributed by atoms with Crippen LogP contribution >= 0.6 is 11.6 Å². The fraction of sp³-hybridized carbons (Fsp3) is 0.500. The summed E-state index contributed by atoms with van der Waals surface area (Å²) < 4.78 is 0. The summed E-state index contributed by atoms with van der Waals surface area (Å²) in [7, 11) is 0. The molecule has 98 valence electrons. The van der Waals surface area contributed by atoms with Crippen molar-refractivity contribution in [2.24, 2.45) is 17.6 Å². The molecule has 3 unspecified atom stereocenters. The van der Waals surface area contributed by atoms with Gasteiger partial charge in [0.2, 0.25) is 5.91 Å². The summed E-state index contributed by atoms with van der Waals surface area (Å²) in [6, 6.07) is 7.23. The van der Waals surface area contributed by atoms with Crippen molar-refractivity contribution in [1.29, 1.82) is 0 Å². The molecule has 1 aromatic carbocycles. The zero-order chi connectivity index (χ0) is 13.3. The van der Waals surface area contributed by atoms with Crippen LogP contribution < -0.4 is 11.1 Å². The Hall–Kier alpha value is -1.06. The lowest BCUT2D eigenvalue weighted by Gasteiger charge is -2.20. The van der Waals surface area contributed by atoms with Crippen LogP contribution in [0.3, 0.4) is 0 Å². The first-order valence-corrected chi connectivity index (χ1v) is 6.68. The van der Waals surface area contributed by atoms with Crippen LogP contribution in [-0.2, 0) is 4.79 Å². The van der Waals surface area contributed by atoms with Gasteiger partial charge in [0.25, 0.3) is 0 Å². The van der Waals surface area contributed by atoms with Crippen LogP contribution in [0.1, 0.15) is 31.9 Å². The van der Waals surface area contributed by atoms with Crippen molar-refractivity contribution in [2.75, 3.05) is 0 Å². The molecule has 1 amide bonds. The minimum Gasteiger partial charge on any atom is -0.348 e. The van der Waals surface area contributed by atoms with E-state index in [1.165, 1.54) is 0 Å². The van der Waals surface area contributed by atoms with E-state index in [0.29, 0.717) is 16.9 Å². The number of halogens is 1. The number of hydrogen-bond acceptors (Lipinski definition) is 2. The average molecular weight is 267 g/mol. The van der Waals surface area contributed by atoms with Crippen LogP contribution in [0.4, 0.5) is 0 Å². The molecule has 18 heavy (non-hydrogen) atoms. The highest BCUT2D eigenvalue weighted by molar-refractivity contribution is 6.30. The molecule has 2 rings (SSSR count). The summed E-state index contributed by atoms with van der Waals surface area (Å²) in [6.45, 7) is 3.90. The molecule has 0 spiro atoms. The SMILES string of the molecule is CC1CC1C(NC(=O)[C@H](C)N)c1ccc(Cl)cc1. The standard InChI is InChI=1S/C14H19ClN2O/c1-8-7-12(8)13(17-14(18)9(2)16)10-3-5-11(15)6-4-10/h3-6,8-9,12-13H,7,16H2,1-2H3,(H,17,18)/t8?,9-,12?,13?/m0/s1. The van der Waals surface area contributed by atoms with Gasteiger partial charge in [-0.05, 0) is 42.9 Å². The molecule has 1 saturated carbocycles. The smallest absolute Gasteiger partial charge is 0.237 e. The third-order valence-electron chi connectivity index (χ3n) is 3.54. The molecule has 0 bridgehead atoms. The van der Waals surface area contributed by atoms with Crippen molar-refractivity contribution in [3.63, 3.8) is 0 Å². The van der Waals surface area contributed by atoms with Gasteiger partial charge in [-0.1, -0.05) is 30.7 Å². The lowest BCUT2D eigenvalue weighted by Crippen LogP contribution is -2.41. The van der Waals surface area contributed by atoms with E-state index in [1.54, 1.807) is 6.92 Å². The van der Waals surface area contributed by atoms with E-state index < -0.39 is 6.04 Å². The summed E-state index contributed by atoms with van der Waals surface area (Å²) in [5, 5.41) is 3.75. The molecular formula is C14H19ClN2O. The van der Waals surface area contributed by atoms with Crippen molar-refractivity contribution in [3.8, 4) is 0 Å². The van der Waals surface area contributed by atoms with Crippen LogP contribution in [0.15, 0.2) is 24.3 Å². The summed E-state index contributed by atoms with van der Waals surface area (Å²) >= 11 is 5.89. The van der Waals surface area contributed by atoms with Gasteiger partial charge in [-0.3, -0.25) is 4.79 Å². The lowest BCUT2D eigenvalue weighted by molar-refractivity contribution is -0.122. The van der Waals surface area contributed by atoms with Gasteiger partial charge in [-0.25, -0.2) is 0 Å². The highest BCUT2D eigenvalue weighted by Gasteiger charge is 2.41. The summed E-state index contributed by atoms with van der Waals surface area (Å²) in [5.41, 5.74) is 6.71. The maximum absolute atomic E-state index is 11.8. The molecule has 0 heterocycles. The zero-order valence-electron chi connectivity index (χ0n) is 10.7. The number of carbonyl (C=O) groups excluding carboxylic acids is 1. The van der Waals surface area contributed by atoms with E-state index in [2.05, 4.69) is 12.2 Å². The molecule has 1 aliphatic rings. The molecule has 4 atom stereocenters. The van der Waals surface area contributed by atoms with E-state index in [9.17, 15) is 4.79 Å². The normalized spacial score (nSPS) is 25.3. The number of nitrogens with one attached hydrogen (secondary N) is 1. The van der Waals surface area contributed by atoms with Crippen molar-refractivity contribution in [1.82, 2.24) is 5.32 Å². The molecule has 0 radical (unpaired) electrons. The molecule has 4 heteroatoms. The van der Waals surface area contributed by atoms with E-state index in [4.69, 9.17) is 17.3 Å². The Kier molecular flexibility index (Phi) is 3.93. The summed E-state index contributed by atoms with van der Waals surface area (Å²) in [4.78, 5) is 11.8. The fourth-order valence-corrected chi connectivity index (χ4v) is 2.33. The third-order valence-corrected chi connectivity index (χ3v) is 3.79. The number of benzene rings is 1. The molecule has 0 saturated heterocycles. The van der Waals surface area contributed by atoms with E-state index in [1.807, 2.05) is 24.3 Å². The number of carbonyl (C=O) groups is 1. The van der Waals surface area contributed by atoms with Crippen LogP contribution in [0, 0.1) is 11.8 Å². The predicted octanol–water partition coefficient (Wildman–Crippen LogP) is 2.50. The Labute approximate surface area is 113 Å². The molecule has 1 fully saturated rings. The molecule has 3 nitrogen and oxygen atoms in total. The third kappa shape index (κ3) is 3.03. The molecular weight excluding hydrogens is 248 g/mol. The number of nitrogens with two attached hydrogens (primary N) is 1. The Morgan fingerprint density at radius 1 is 1.44 bits per heavy atom. The van der Waals surface area contributed by atoms with Crippen LogP contribution in [0.2, 0.25) is 5.02 Å². The molecule has 1 aliphatic carbocycles. The van der Waals surface area contributed by atoms with Gasteiger partial charge >= 0.3 is 0 Å². The van der Waals surface area contributed by atoms with Crippen LogP contribution in [0.5, 0.6) is 0 Å². The summed E-state index contributed by atoms with van der Waals surface area (Å²) in [6.07, 6.45) is 1.15. The Balaban J connectivity index is 2.15. The van der Waals surface area contributed by atoms with Crippen molar-refractivity contribution in [3.05, 3.63) is 34.9 Å². The molecule has 0 aliphatic heterocycles. The van der Waals surface area contributed by atoms with Gasteiger partial charge in [0.15, 0.2) is 0 Å². The topological polar surface area (TPSA) is 55.1 Å². The molecule has 3 N–H and O–H groups in total. The van der Waals surface area contributed by atoms with Crippen molar-refractivity contribution < 1.29 is 4.79 Å². The Morgan fingerprint density at radius 3 is 2.44 bits per heavy atom. The fourth-order valence-electron chi connectivity index (χ4n) is 2.21. The van der Waals surface area contributed by atoms with Gasteiger partial charge in [0.05, 0.1) is 12.1 Å². The van der Waals surface area contributed by atoms with Gasteiger partial charge in [0, 0.05) is 5.02 Å². The van der Waals surface area contributed by atoms with Crippen molar-refractivity contribution in [2.45, 2.75) is 32.4 Å². The van der Waals surface area contributed by atoms with Crippen LogP contribution in [0.25, 0.3) is 0 Å². The molecule has 0 aromatic heterocycles. The number of rotatable bonds is 4. The van der Waals surface area contributed by atoms with Gasteiger partial charge < -0.3 is 11.1 Å². The molecule has 1 aromatic rings. The van der Waals surface area contributed by atoms with Gasteiger partial charge in [0.1, 0.15) is 0 Å². The average Bonchev–Trinajstić information content (AvgIpc) is 3.04. The minimum atomic E-state index is -0.478. The van der Waals surface area contributed by atoms with Gasteiger partial charge in [-0.15, -0.1) is 0 Å². The minimum absolute atomic E-state index is 0.0516. The maximum Gasteiger partial charge on any atom is 0.237 e. The number of amides is 1. The van der Waals surface area contributed by atoms with E-state index in [0.717, 1.165) is 12.0 Å². The Morgan fingerprint density at radius 2 is 2.00 bits per heavy atom. The predicted molar refractivity (Wildman–Crippen MR) is 73.3 cm³/mol.